The predicted molar refractivity (Wildman–Crippen MR) is 75.5 cm³/mol. The van der Waals surface area contributed by atoms with E-state index in [0.717, 1.165) is 17.9 Å². The van der Waals surface area contributed by atoms with Gasteiger partial charge in [0, 0.05) is 6.04 Å². The molecule has 0 spiro atoms. The van der Waals surface area contributed by atoms with E-state index >= 15 is 0 Å². The first-order chi connectivity index (χ1) is 8.60. The molecule has 0 aliphatic heterocycles. The van der Waals surface area contributed by atoms with Gasteiger partial charge in [-0.1, -0.05) is 17.7 Å². The van der Waals surface area contributed by atoms with Crippen molar-refractivity contribution in [2.24, 2.45) is 0 Å². The van der Waals surface area contributed by atoms with E-state index in [0.29, 0.717) is 6.04 Å². The van der Waals surface area contributed by atoms with E-state index in [9.17, 15) is 0 Å². The zero-order valence-electron chi connectivity index (χ0n) is 11.9. The minimum atomic E-state index is 0.341. The second-order valence-corrected chi connectivity index (χ2v) is 4.53. The van der Waals surface area contributed by atoms with Gasteiger partial charge in [-0.25, -0.2) is 0 Å². The molecule has 1 unspecified atom stereocenters. The molecule has 0 radical (unpaired) electrons. The molecule has 0 heterocycles. The molecule has 18 heavy (non-hydrogen) atoms. The van der Waals surface area contributed by atoms with Crippen molar-refractivity contribution in [1.82, 2.24) is 5.32 Å². The molecular weight excluding hydrogens is 226 g/mol. The third kappa shape index (κ3) is 4.08. The number of benzene rings is 1. The molecule has 0 aromatic heterocycles. The molecule has 3 heteroatoms. The standard InChI is InChI=1S/C15H23NO2/c1-11(2)8-13(16-3)9-12-6-7-14(17-4)15(10-12)18-5/h6-8,10,13,16H,9H2,1-5H3. The van der Waals surface area contributed by atoms with Gasteiger partial charge < -0.3 is 14.8 Å². The summed E-state index contributed by atoms with van der Waals surface area (Å²) in [5.74, 6) is 1.55. The summed E-state index contributed by atoms with van der Waals surface area (Å²) in [7, 11) is 5.29. The van der Waals surface area contributed by atoms with Crippen LogP contribution in [0.15, 0.2) is 29.8 Å². The van der Waals surface area contributed by atoms with Crippen LogP contribution >= 0.6 is 0 Å². The Morgan fingerprint density at radius 2 is 1.89 bits per heavy atom. The molecule has 0 bridgehead atoms. The molecule has 1 atom stereocenters. The molecule has 0 aliphatic rings. The molecule has 1 aromatic rings. The highest BCUT2D eigenvalue weighted by atomic mass is 16.5. The first kappa shape index (κ1) is 14.6. The van der Waals surface area contributed by atoms with Crippen LogP contribution in [0.25, 0.3) is 0 Å². The number of nitrogens with one attached hydrogen (secondary N) is 1. The maximum absolute atomic E-state index is 5.31. The summed E-state index contributed by atoms with van der Waals surface area (Å²) in [6.45, 7) is 4.22. The lowest BCUT2D eigenvalue weighted by Crippen LogP contribution is -2.25. The van der Waals surface area contributed by atoms with Crippen molar-refractivity contribution < 1.29 is 9.47 Å². The quantitative estimate of drug-likeness (QED) is 0.786. The Labute approximate surface area is 110 Å². The lowest BCUT2D eigenvalue weighted by Gasteiger charge is -2.14. The van der Waals surface area contributed by atoms with E-state index in [1.807, 2.05) is 19.2 Å². The highest BCUT2D eigenvalue weighted by Gasteiger charge is 2.08. The maximum Gasteiger partial charge on any atom is 0.160 e. The first-order valence-corrected chi connectivity index (χ1v) is 6.14. The van der Waals surface area contributed by atoms with Crippen LogP contribution in [0.1, 0.15) is 19.4 Å². The Hall–Kier alpha value is -1.48. The van der Waals surface area contributed by atoms with Crippen molar-refractivity contribution in [1.29, 1.82) is 0 Å². The fourth-order valence-electron chi connectivity index (χ4n) is 1.91. The van der Waals surface area contributed by atoms with Crippen molar-refractivity contribution in [2.45, 2.75) is 26.3 Å². The van der Waals surface area contributed by atoms with E-state index in [1.165, 1.54) is 11.1 Å². The summed E-state index contributed by atoms with van der Waals surface area (Å²) in [6.07, 6.45) is 3.17. The van der Waals surface area contributed by atoms with E-state index in [-0.39, 0.29) is 0 Å². The molecule has 0 aliphatic carbocycles. The van der Waals surface area contributed by atoms with Crippen molar-refractivity contribution >= 4 is 0 Å². The maximum atomic E-state index is 5.31. The summed E-state index contributed by atoms with van der Waals surface area (Å²) >= 11 is 0. The molecule has 1 N–H and O–H groups in total. The molecule has 1 rings (SSSR count). The van der Waals surface area contributed by atoms with Crippen LogP contribution < -0.4 is 14.8 Å². The predicted octanol–water partition coefficient (Wildman–Crippen LogP) is 2.80. The molecule has 1 aromatic carbocycles. The monoisotopic (exact) mass is 249 g/mol. The van der Waals surface area contributed by atoms with Crippen molar-refractivity contribution in [3.05, 3.63) is 35.4 Å². The van der Waals surface area contributed by atoms with Gasteiger partial charge in [-0.15, -0.1) is 0 Å². The largest absolute Gasteiger partial charge is 0.493 e. The van der Waals surface area contributed by atoms with Crippen LogP contribution in [0.4, 0.5) is 0 Å². The molecule has 0 saturated heterocycles. The lowest BCUT2D eigenvalue weighted by molar-refractivity contribution is 0.354. The minimum Gasteiger partial charge on any atom is -0.493 e. The summed E-state index contributed by atoms with van der Waals surface area (Å²) in [4.78, 5) is 0. The van der Waals surface area contributed by atoms with Crippen LogP contribution in [-0.4, -0.2) is 27.3 Å². The SMILES string of the molecule is CNC(C=C(C)C)Cc1ccc(OC)c(OC)c1. The number of likely N-dealkylation sites (N-methyl/N-ethyl adjacent to an activating group) is 1. The number of methoxy groups -OCH3 is 2. The number of ether oxygens (including phenoxy) is 2. The smallest absolute Gasteiger partial charge is 0.160 e. The summed E-state index contributed by atoms with van der Waals surface area (Å²) in [6, 6.07) is 6.39. The van der Waals surface area contributed by atoms with E-state index in [2.05, 4.69) is 31.3 Å². The second kappa shape index (κ2) is 7.07. The van der Waals surface area contributed by atoms with Gasteiger partial charge >= 0.3 is 0 Å². The van der Waals surface area contributed by atoms with Crippen LogP contribution in [0.5, 0.6) is 11.5 Å². The van der Waals surface area contributed by atoms with Crippen molar-refractivity contribution in [2.75, 3.05) is 21.3 Å². The number of allylic oxidation sites excluding steroid dienone is 1. The Bertz CT molecular complexity index is 409. The summed E-state index contributed by atoms with van der Waals surface area (Å²) in [5, 5.41) is 3.30. The number of rotatable bonds is 6. The fourth-order valence-corrected chi connectivity index (χ4v) is 1.91. The van der Waals surface area contributed by atoms with E-state index < -0.39 is 0 Å². The van der Waals surface area contributed by atoms with E-state index in [4.69, 9.17) is 9.47 Å². The summed E-state index contributed by atoms with van der Waals surface area (Å²) in [5.41, 5.74) is 2.54. The van der Waals surface area contributed by atoms with Gasteiger partial charge in [0.1, 0.15) is 0 Å². The third-order valence-electron chi connectivity index (χ3n) is 2.81. The molecule has 0 fully saturated rings. The average Bonchev–Trinajstić information content (AvgIpc) is 2.37. The average molecular weight is 249 g/mol. The van der Waals surface area contributed by atoms with Crippen molar-refractivity contribution in [3.8, 4) is 11.5 Å². The highest BCUT2D eigenvalue weighted by molar-refractivity contribution is 5.43. The zero-order valence-corrected chi connectivity index (χ0v) is 11.9. The Morgan fingerprint density at radius 1 is 1.22 bits per heavy atom. The molecule has 0 saturated carbocycles. The zero-order chi connectivity index (χ0) is 13.5. The fraction of sp³-hybridized carbons (Fsp3) is 0.467. The summed E-state index contributed by atoms with van der Waals surface area (Å²) < 4.78 is 10.5. The topological polar surface area (TPSA) is 30.5 Å². The first-order valence-electron chi connectivity index (χ1n) is 6.14. The Kier molecular flexibility index (Phi) is 5.72. The Balaban J connectivity index is 2.87. The van der Waals surface area contributed by atoms with Gasteiger partial charge in [0.25, 0.3) is 0 Å². The molecule has 100 valence electrons. The van der Waals surface area contributed by atoms with Crippen LogP contribution in [0.2, 0.25) is 0 Å². The van der Waals surface area contributed by atoms with Gasteiger partial charge in [0.05, 0.1) is 14.2 Å². The van der Waals surface area contributed by atoms with Crippen LogP contribution in [0, 0.1) is 0 Å². The third-order valence-corrected chi connectivity index (χ3v) is 2.81. The van der Waals surface area contributed by atoms with Crippen LogP contribution in [0.3, 0.4) is 0 Å². The highest BCUT2D eigenvalue weighted by Crippen LogP contribution is 2.28. The Morgan fingerprint density at radius 3 is 2.39 bits per heavy atom. The second-order valence-electron chi connectivity index (χ2n) is 4.53. The lowest BCUT2D eigenvalue weighted by atomic mass is 10.0. The normalized spacial score (nSPS) is 11.8. The minimum absolute atomic E-state index is 0.341. The van der Waals surface area contributed by atoms with Gasteiger partial charge in [-0.05, 0) is 45.0 Å². The molecular formula is C15H23NO2. The number of hydrogen-bond donors (Lipinski definition) is 1. The van der Waals surface area contributed by atoms with Gasteiger partial charge in [-0.3, -0.25) is 0 Å². The van der Waals surface area contributed by atoms with Gasteiger partial charge in [0.15, 0.2) is 11.5 Å². The van der Waals surface area contributed by atoms with E-state index in [1.54, 1.807) is 14.2 Å². The van der Waals surface area contributed by atoms with Crippen LogP contribution in [-0.2, 0) is 6.42 Å². The molecule has 3 nitrogen and oxygen atoms in total. The molecule has 0 amide bonds. The van der Waals surface area contributed by atoms with Gasteiger partial charge in [0.2, 0.25) is 0 Å². The van der Waals surface area contributed by atoms with Crippen molar-refractivity contribution in [3.63, 3.8) is 0 Å². The van der Waals surface area contributed by atoms with Gasteiger partial charge in [-0.2, -0.15) is 0 Å². The number of hydrogen-bond acceptors (Lipinski definition) is 3.